The number of carboxylic acids is 1. The molecule has 0 saturated carbocycles. The Morgan fingerprint density at radius 2 is 1.79 bits per heavy atom. The minimum atomic E-state index is -0.839. The summed E-state index contributed by atoms with van der Waals surface area (Å²) in [5.74, 6) is -1.31. The summed E-state index contributed by atoms with van der Waals surface area (Å²) < 4.78 is 0. The molecular formula is C14H18N2O3. The summed E-state index contributed by atoms with van der Waals surface area (Å²) in [6.07, 6.45) is 0. The third-order valence-corrected chi connectivity index (χ3v) is 3.69. The molecule has 0 radical (unpaired) electrons. The molecule has 0 atom stereocenters. The van der Waals surface area contributed by atoms with Crippen LogP contribution in [0.3, 0.4) is 0 Å². The largest absolute Gasteiger partial charge is 0.481 e. The Balaban J connectivity index is 2.10. The van der Waals surface area contributed by atoms with Gasteiger partial charge < -0.3 is 15.7 Å². The molecule has 1 fully saturated rings. The number of carbonyl (C=O) groups excluding carboxylic acids is 1. The molecule has 1 saturated heterocycles. The van der Waals surface area contributed by atoms with Crippen LogP contribution < -0.4 is 5.73 Å². The van der Waals surface area contributed by atoms with Crippen molar-refractivity contribution in [2.75, 3.05) is 18.8 Å². The van der Waals surface area contributed by atoms with E-state index in [0.717, 1.165) is 5.56 Å². The molecule has 5 nitrogen and oxygen atoms in total. The molecule has 1 aliphatic rings. The molecule has 0 aromatic heterocycles. The smallest absolute Gasteiger partial charge is 0.310 e. The number of amides is 1. The molecule has 2 rings (SSSR count). The molecule has 19 heavy (non-hydrogen) atoms. The van der Waals surface area contributed by atoms with Crippen molar-refractivity contribution in [1.82, 2.24) is 4.90 Å². The standard InChI is InChI=1S/C14H18N2O3/c1-14(2,10-3-5-11(15)6-4-10)13(19)16-7-9(8-16)12(17)18/h3-6,9H,7-8,15H2,1-2H3,(H,17,18). The second-order valence-corrected chi connectivity index (χ2v) is 5.49. The molecule has 0 spiro atoms. The summed E-state index contributed by atoms with van der Waals surface area (Å²) >= 11 is 0. The highest BCUT2D eigenvalue weighted by Crippen LogP contribution is 2.29. The van der Waals surface area contributed by atoms with Gasteiger partial charge in [-0.2, -0.15) is 0 Å². The summed E-state index contributed by atoms with van der Waals surface area (Å²) in [4.78, 5) is 24.7. The first-order valence-corrected chi connectivity index (χ1v) is 6.20. The third-order valence-electron chi connectivity index (χ3n) is 3.69. The normalized spacial score (nSPS) is 16.0. The van der Waals surface area contributed by atoms with Crippen LogP contribution in [0.15, 0.2) is 24.3 Å². The molecular weight excluding hydrogens is 244 g/mol. The van der Waals surface area contributed by atoms with Crippen molar-refractivity contribution in [3.05, 3.63) is 29.8 Å². The van der Waals surface area contributed by atoms with E-state index in [1.165, 1.54) is 0 Å². The monoisotopic (exact) mass is 262 g/mol. The SMILES string of the molecule is CC(C)(C(=O)N1CC(C(=O)O)C1)c1ccc(N)cc1. The molecule has 0 bridgehead atoms. The topological polar surface area (TPSA) is 83.6 Å². The van der Waals surface area contributed by atoms with Crippen LogP contribution in [-0.2, 0) is 15.0 Å². The molecule has 3 N–H and O–H groups in total. The quantitative estimate of drug-likeness (QED) is 0.799. The Labute approximate surface area is 112 Å². The van der Waals surface area contributed by atoms with Crippen LogP contribution in [-0.4, -0.2) is 35.0 Å². The van der Waals surface area contributed by atoms with E-state index in [1.54, 1.807) is 17.0 Å². The highest BCUT2D eigenvalue weighted by Gasteiger charge is 2.42. The van der Waals surface area contributed by atoms with Crippen LogP contribution in [0.5, 0.6) is 0 Å². The third kappa shape index (κ3) is 2.41. The van der Waals surface area contributed by atoms with Crippen LogP contribution in [0.4, 0.5) is 5.69 Å². The van der Waals surface area contributed by atoms with Crippen LogP contribution in [0, 0.1) is 5.92 Å². The van der Waals surface area contributed by atoms with Gasteiger partial charge in [0.2, 0.25) is 5.91 Å². The van der Waals surface area contributed by atoms with E-state index < -0.39 is 17.3 Å². The fourth-order valence-corrected chi connectivity index (χ4v) is 2.22. The number of nitrogens with zero attached hydrogens (tertiary/aromatic N) is 1. The lowest BCUT2D eigenvalue weighted by Gasteiger charge is -2.41. The first-order valence-electron chi connectivity index (χ1n) is 6.20. The highest BCUT2D eigenvalue weighted by molar-refractivity contribution is 5.89. The molecule has 1 amide bonds. The van der Waals surface area contributed by atoms with E-state index in [1.807, 2.05) is 26.0 Å². The molecule has 102 valence electrons. The van der Waals surface area contributed by atoms with E-state index >= 15 is 0 Å². The van der Waals surface area contributed by atoms with Gasteiger partial charge in [0.15, 0.2) is 0 Å². The van der Waals surface area contributed by atoms with Gasteiger partial charge in [0, 0.05) is 18.8 Å². The number of hydrogen-bond acceptors (Lipinski definition) is 3. The van der Waals surface area contributed by atoms with Crippen molar-refractivity contribution >= 4 is 17.6 Å². The van der Waals surface area contributed by atoms with Gasteiger partial charge in [0.25, 0.3) is 0 Å². The predicted molar refractivity (Wildman–Crippen MR) is 71.6 cm³/mol. The fraction of sp³-hybridized carbons (Fsp3) is 0.429. The lowest BCUT2D eigenvalue weighted by Crippen LogP contribution is -2.57. The van der Waals surface area contributed by atoms with E-state index in [4.69, 9.17) is 10.8 Å². The Morgan fingerprint density at radius 3 is 2.26 bits per heavy atom. The summed E-state index contributed by atoms with van der Waals surface area (Å²) in [7, 11) is 0. The summed E-state index contributed by atoms with van der Waals surface area (Å²) in [5.41, 5.74) is 6.50. The average molecular weight is 262 g/mol. The number of likely N-dealkylation sites (tertiary alicyclic amines) is 1. The number of nitrogens with two attached hydrogens (primary N) is 1. The molecule has 0 unspecified atom stereocenters. The number of carboxylic acid groups (broad SMARTS) is 1. The molecule has 1 aliphatic heterocycles. The van der Waals surface area contributed by atoms with Gasteiger partial charge in [-0.15, -0.1) is 0 Å². The van der Waals surface area contributed by atoms with Crippen molar-refractivity contribution in [2.24, 2.45) is 5.92 Å². The van der Waals surface area contributed by atoms with Gasteiger partial charge in [0.1, 0.15) is 0 Å². The van der Waals surface area contributed by atoms with Crippen molar-refractivity contribution in [3.8, 4) is 0 Å². The zero-order valence-electron chi connectivity index (χ0n) is 11.1. The zero-order valence-corrected chi connectivity index (χ0v) is 11.1. The Kier molecular flexibility index (Phi) is 3.22. The van der Waals surface area contributed by atoms with Crippen molar-refractivity contribution < 1.29 is 14.7 Å². The second-order valence-electron chi connectivity index (χ2n) is 5.49. The maximum atomic E-state index is 12.4. The average Bonchev–Trinajstić information content (AvgIpc) is 2.26. The van der Waals surface area contributed by atoms with E-state index in [-0.39, 0.29) is 5.91 Å². The Morgan fingerprint density at radius 1 is 1.26 bits per heavy atom. The van der Waals surface area contributed by atoms with Crippen LogP contribution >= 0.6 is 0 Å². The first-order chi connectivity index (χ1) is 8.82. The van der Waals surface area contributed by atoms with Crippen molar-refractivity contribution in [1.29, 1.82) is 0 Å². The maximum Gasteiger partial charge on any atom is 0.310 e. The number of benzene rings is 1. The van der Waals surface area contributed by atoms with Gasteiger partial charge in [-0.3, -0.25) is 9.59 Å². The summed E-state index contributed by atoms with van der Waals surface area (Å²) in [6, 6.07) is 7.20. The van der Waals surface area contributed by atoms with Gasteiger partial charge in [-0.1, -0.05) is 12.1 Å². The number of nitrogen functional groups attached to an aromatic ring is 1. The summed E-state index contributed by atoms with van der Waals surface area (Å²) in [6.45, 7) is 4.28. The number of rotatable bonds is 3. The zero-order chi connectivity index (χ0) is 14.2. The van der Waals surface area contributed by atoms with E-state index in [2.05, 4.69) is 0 Å². The van der Waals surface area contributed by atoms with Crippen LogP contribution in [0.25, 0.3) is 0 Å². The van der Waals surface area contributed by atoms with Gasteiger partial charge >= 0.3 is 5.97 Å². The molecule has 1 aromatic carbocycles. The number of aliphatic carboxylic acids is 1. The van der Waals surface area contributed by atoms with Crippen molar-refractivity contribution in [3.63, 3.8) is 0 Å². The molecule has 5 heteroatoms. The highest BCUT2D eigenvalue weighted by atomic mass is 16.4. The lowest BCUT2D eigenvalue weighted by molar-refractivity contribution is -0.155. The fourth-order valence-electron chi connectivity index (χ4n) is 2.22. The van der Waals surface area contributed by atoms with Gasteiger partial charge in [0.05, 0.1) is 11.3 Å². The second kappa shape index (κ2) is 4.57. The van der Waals surface area contributed by atoms with Crippen LogP contribution in [0.2, 0.25) is 0 Å². The molecule has 1 aromatic rings. The van der Waals surface area contributed by atoms with Crippen LogP contribution in [0.1, 0.15) is 19.4 Å². The number of anilines is 1. The van der Waals surface area contributed by atoms with E-state index in [9.17, 15) is 9.59 Å². The number of hydrogen-bond donors (Lipinski definition) is 2. The van der Waals surface area contributed by atoms with Gasteiger partial charge in [-0.05, 0) is 31.5 Å². The molecule has 0 aliphatic carbocycles. The Hall–Kier alpha value is -2.04. The van der Waals surface area contributed by atoms with E-state index in [0.29, 0.717) is 18.8 Å². The minimum Gasteiger partial charge on any atom is -0.481 e. The first kappa shape index (κ1) is 13.4. The predicted octanol–water partition coefficient (Wildman–Crippen LogP) is 1.09. The Bertz CT molecular complexity index is 502. The van der Waals surface area contributed by atoms with Gasteiger partial charge in [-0.25, -0.2) is 0 Å². The maximum absolute atomic E-state index is 12.4. The lowest BCUT2D eigenvalue weighted by atomic mass is 9.81. The number of carbonyl (C=O) groups is 2. The minimum absolute atomic E-state index is 0.0465. The van der Waals surface area contributed by atoms with Crippen molar-refractivity contribution in [2.45, 2.75) is 19.3 Å². The molecule has 1 heterocycles. The summed E-state index contributed by atoms with van der Waals surface area (Å²) in [5, 5.41) is 8.83.